The Balaban J connectivity index is 2.58. The van der Waals surface area contributed by atoms with Gasteiger partial charge in [-0.3, -0.25) is 0 Å². The first kappa shape index (κ1) is 18.1. The van der Waals surface area contributed by atoms with Gasteiger partial charge in [-0.05, 0) is 46.3 Å². The second kappa shape index (κ2) is 9.91. The van der Waals surface area contributed by atoms with Crippen LogP contribution in [0, 0.1) is 5.82 Å². The molecular formula is C18H31FN2. The molecule has 3 heteroatoms. The fourth-order valence-corrected chi connectivity index (χ4v) is 2.70. The van der Waals surface area contributed by atoms with Crippen LogP contribution < -0.4 is 5.32 Å². The molecular weight excluding hydrogens is 263 g/mol. The third-order valence-corrected chi connectivity index (χ3v) is 4.11. The lowest BCUT2D eigenvalue weighted by Gasteiger charge is -2.28. The second-order valence-electron chi connectivity index (χ2n) is 5.99. The van der Waals surface area contributed by atoms with E-state index in [9.17, 15) is 4.39 Å². The molecule has 0 saturated carbocycles. The molecule has 1 unspecified atom stereocenters. The summed E-state index contributed by atoms with van der Waals surface area (Å²) in [6.45, 7) is 8.85. The molecule has 0 saturated heterocycles. The third-order valence-electron chi connectivity index (χ3n) is 4.11. The van der Waals surface area contributed by atoms with E-state index in [1.54, 1.807) is 12.1 Å². The summed E-state index contributed by atoms with van der Waals surface area (Å²) in [7, 11) is 1.91. The molecule has 2 nitrogen and oxygen atoms in total. The molecule has 1 aromatic carbocycles. The van der Waals surface area contributed by atoms with Gasteiger partial charge in [0.25, 0.3) is 0 Å². The molecule has 21 heavy (non-hydrogen) atoms. The normalized spacial score (nSPS) is 13.1. The second-order valence-corrected chi connectivity index (χ2v) is 5.99. The maximum absolute atomic E-state index is 13.9. The topological polar surface area (TPSA) is 15.3 Å². The van der Waals surface area contributed by atoms with Crippen LogP contribution in [0.2, 0.25) is 0 Å². The zero-order valence-electron chi connectivity index (χ0n) is 14.0. The van der Waals surface area contributed by atoms with E-state index in [1.165, 1.54) is 19.3 Å². The molecule has 0 aliphatic heterocycles. The van der Waals surface area contributed by atoms with Crippen molar-refractivity contribution in [1.29, 1.82) is 0 Å². The molecule has 0 aliphatic rings. The van der Waals surface area contributed by atoms with Gasteiger partial charge in [-0.15, -0.1) is 0 Å². The molecule has 1 aromatic rings. The van der Waals surface area contributed by atoms with E-state index < -0.39 is 0 Å². The van der Waals surface area contributed by atoms with Crippen LogP contribution in [0.1, 0.15) is 58.1 Å². The van der Waals surface area contributed by atoms with Gasteiger partial charge in [0, 0.05) is 24.2 Å². The van der Waals surface area contributed by atoms with E-state index in [4.69, 9.17) is 0 Å². The van der Waals surface area contributed by atoms with Crippen LogP contribution in [0.3, 0.4) is 0 Å². The van der Waals surface area contributed by atoms with Crippen molar-refractivity contribution in [1.82, 2.24) is 10.2 Å². The Kier molecular flexibility index (Phi) is 8.55. The van der Waals surface area contributed by atoms with E-state index in [0.717, 1.165) is 25.1 Å². The standard InChI is InChI=1S/C18H31FN2/c1-5-6-9-13-21(15(2)3)14-12-18(20-4)16-10-7-8-11-17(16)19/h7-8,10-11,15,18,20H,5-6,9,12-14H2,1-4H3. The lowest BCUT2D eigenvalue weighted by Crippen LogP contribution is -2.35. The van der Waals surface area contributed by atoms with Crippen LogP contribution in [-0.4, -0.2) is 31.1 Å². The first-order valence-electron chi connectivity index (χ1n) is 8.25. The van der Waals surface area contributed by atoms with Crippen molar-refractivity contribution in [3.8, 4) is 0 Å². The molecule has 0 radical (unpaired) electrons. The molecule has 0 bridgehead atoms. The minimum Gasteiger partial charge on any atom is -0.313 e. The molecule has 1 atom stereocenters. The number of nitrogens with zero attached hydrogens (tertiary/aromatic N) is 1. The number of nitrogens with one attached hydrogen (secondary N) is 1. The van der Waals surface area contributed by atoms with Crippen molar-refractivity contribution >= 4 is 0 Å². The molecule has 0 aliphatic carbocycles. The first-order valence-corrected chi connectivity index (χ1v) is 8.25. The van der Waals surface area contributed by atoms with Crippen molar-refractivity contribution in [3.05, 3.63) is 35.6 Å². The largest absolute Gasteiger partial charge is 0.313 e. The summed E-state index contributed by atoms with van der Waals surface area (Å²) >= 11 is 0. The zero-order valence-corrected chi connectivity index (χ0v) is 14.0. The van der Waals surface area contributed by atoms with Crippen LogP contribution in [-0.2, 0) is 0 Å². The molecule has 120 valence electrons. The number of benzene rings is 1. The van der Waals surface area contributed by atoms with Gasteiger partial charge in [0.15, 0.2) is 0 Å². The predicted octanol–water partition coefficient (Wildman–Crippen LogP) is 4.38. The fourth-order valence-electron chi connectivity index (χ4n) is 2.70. The fraction of sp³-hybridized carbons (Fsp3) is 0.667. The van der Waals surface area contributed by atoms with E-state index in [1.807, 2.05) is 19.2 Å². The highest BCUT2D eigenvalue weighted by Crippen LogP contribution is 2.20. The van der Waals surface area contributed by atoms with E-state index in [2.05, 4.69) is 31.0 Å². The van der Waals surface area contributed by atoms with E-state index in [-0.39, 0.29) is 11.9 Å². The molecule has 1 N–H and O–H groups in total. The van der Waals surface area contributed by atoms with Gasteiger partial charge in [-0.2, -0.15) is 0 Å². The third kappa shape index (κ3) is 6.15. The summed E-state index contributed by atoms with van der Waals surface area (Å²) in [6.07, 6.45) is 4.71. The van der Waals surface area contributed by atoms with Crippen molar-refractivity contribution < 1.29 is 4.39 Å². The van der Waals surface area contributed by atoms with E-state index >= 15 is 0 Å². The molecule has 0 fully saturated rings. The zero-order chi connectivity index (χ0) is 15.7. The van der Waals surface area contributed by atoms with Crippen LogP contribution in [0.4, 0.5) is 4.39 Å². The molecule has 0 amide bonds. The number of hydrogen-bond acceptors (Lipinski definition) is 2. The monoisotopic (exact) mass is 294 g/mol. The Morgan fingerprint density at radius 3 is 2.43 bits per heavy atom. The highest BCUT2D eigenvalue weighted by Gasteiger charge is 2.16. The van der Waals surface area contributed by atoms with Gasteiger partial charge in [-0.25, -0.2) is 4.39 Å². The lowest BCUT2D eigenvalue weighted by atomic mass is 10.0. The van der Waals surface area contributed by atoms with Crippen LogP contribution in [0.5, 0.6) is 0 Å². The molecule has 1 rings (SSSR count). The highest BCUT2D eigenvalue weighted by molar-refractivity contribution is 5.21. The van der Waals surface area contributed by atoms with Gasteiger partial charge >= 0.3 is 0 Å². The first-order chi connectivity index (χ1) is 10.1. The number of halogens is 1. The summed E-state index contributed by atoms with van der Waals surface area (Å²) in [4.78, 5) is 2.50. The Labute approximate surface area is 129 Å². The number of hydrogen-bond donors (Lipinski definition) is 1. The highest BCUT2D eigenvalue weighted by atomic mass is 19.1. The van der Waals surface area contributed by atoms with Gasteiger partial charge in [0.1, 0.15) is 5.82 Å². The Hall–Kier alpha value is -0.930. The van der Waals surface area contributed by atoms with E-state index in [0.29, 0.717) is 6.04 Å². The predicted molar refractivity (Wildman–Crippen MR) is 89.1 cm³/mol. The van der Waals surface area contributed by atoms with Crippen molar-refractivity contribution in [3.63, 3.8) is 0 Å². The van der Waals surface area contributed by atoms with Gasteiger partial charge in [0.05, 0.1) is 0 Å². The number of unbranched alkanes of at least 4 members (excludes halogenated alkanes) is 2. The van der Waals surface area contributed by atoms with Crippen molar-refractivity contribution in [2.24, 2.45) is 0 Å². The summed E-state index contributed by atoms with van der Waals surface area (Å²) in [6, 6.07) is 7.70. The van der Waals surface area contributed by atoms with Gasteiger partial charge in [0.2, 0.25) is 0 Å². The lowest BCUT2D eigenvalue weighted by molar-refractivity contribution is 0.206. The van der Waals surface area contributed by atoms with Crippen molar-refractivity contribution in [2.75, 3.05) is 20.1 Å². The maximum atomic E-state index is 13.9. The van der Waals surface area contributed by atoms with Crippen LogP contribution >= 0.6 is 0 Å². The minimum absolute atomic E-state index is 0.0821. The van der Waals surface area contributed by atoms with Crippen LogP contribution in [0.25, 0.3) is 0 Å². The summed E-state index contributed by atoms with van der Waals surface area (Å²) in [5, 5.41) is 3.25. The SMILES string of the molecule is CCCCCN(CCC(NC)c1ccccc1F)C(C)C. The Morgan fingerprint density at radius 1 is 1.14 bits per heavy atom. The number of rotatable bonds is 10. The average Bonchev–Trinajstić information content (AvgIpc) is 2.47. The molecule has 0 spiro atoms. The Morgan fingerprint density at radius 2 is 1.86 bits per heavy atom. The summed E-state index contributed by atoms with van der Waals surface area (Å²) < 4.78 is 13.9. The quantitative estimate of drug-likeness (QED) is 0.644. The summed E-state index contributed by atoms with van der Waals surface area (Å²) in [5.74, 6) is -0.112. The van der Waals surface area contributed by atoms with Gasteiger partial charge in [-0.1, -0.05) is 38.0 Å². The minimum atomic E-state index is -0.112. The maximum Gasteiger partial charge on any atom is 0.127 e. The molecule has 0 aromatic heterocycles. The van der Waals surface area contributed by atoms with Gasteiger partial charge < -0.3 is 10.2 Å². The summed E-state index contributed by atoms with van der Waals surface area (Å²) in [5.41, 5.74) is 0.775. The molecule has 0 heterocycles. The average molecular weight is 294 g/mol. The van der Waals surface area contributed by atoms with Crippen molar-refractivity contribution in [2.45, 2.75) is 58.5 Å². The van der Waals surface area contributed by atoms with Crippen LogP contribution in [0.15, 0.2) is 24.3 Å². The smallest absolute Gasteiger partial charge is 0.127 e. The Bertz CT molecular complexity index is 393.